The summed E-state index contributed by atoms with van der Waals surface area (Å²) in [6, 6.07) is 10.1. The summed E-state index contributed by atoms with van der Waals surface area (Å²) in [5, 5.41) is 0.821. The molecule has 0 bridgehead atoms. The molecular formula is C15H14Cl2FN. The van der Waals surface area contributed by atoms with Crippen LogP contribution in [0.15, 0.2) is 36.4 Å². The smallest absolute Gasteiger partial charge is 0.142 e. The highest BCUT2D eigenvalue weighted by Crippen LogP contribution is 2.26. The number of rotatable bonds is 3. The average Bonchev–Trinajstić information content (AvgIpc) is 2.34. The lowest BCUT2D eigenvalue weighted by molar-refractivity contribution is 0.622. The number of benzene rings is 2. The van der Waals surface area contributed by atoms with Gasteiger partial charge in [-0.15, -0.1) is 0 Å². The topological polar surface area (TPSA) is 26.0 Å². The standard InChI is InChI=1S/C15H14Cl2FN/c1-9-7-11(16)5-6-12(9)14(19)8-10-3-2-4-13(18)15(10)17/h2-7,14H,8,19H2,1H3. The molecule has 2 rings (SSSR count). The van der Waals surface area contributed by atoms with E-state index >= 15 is 0 Å². The predicted molar refractivity (Wildman–Crippen MR) is 78.2 cm³/mol. The second kappa shape index (κ2) is 5.91. The molecule has 1 atom stereocenters. The minimum atomic E-state index is -0.417. The molecule has 0 aliphatic rings. The minimum absolute atomic E-state index is 0.143. The molecule has 1 nitrogen and oxygen atoms in total. The quantitative estimate of drug-likeness (QED) is 0.874. The molecule has 0 aliphatic carbocycles. The second-order valence-corrected chi connectivity index (χ2v) is 5.34. The second-order valence-electron chi connectivity index (χ2n) is 4.52. The van der Waals surface area contributed by atoms with Crippen molar-refractivity contribution >= 4 is 23.2 Å². The van der Waals surface area contributed by atoms with E-state index in [2.05, 4.69) is 0 Å². The summed E-state index contributed by atoms with van der Waals surface area (Å²) in [6.45, 7) is 1.95. The van der Waals surface area contributed by atoms with E-state index in [9.17, 15) is 4.39 Å². The van der Waals surface area contributed by atoms with Crippen LogP contribution in [0, 0.1) is 12.7 Å². The van der Waals surface area contributed by atoms with Crippen molar-refractivity contribution in [3.05, 3.63) is 69.0 Å². The Labute approximate surface area is 122 Å². The molecule has 0 saturated carbocycles. The Morgan fingerprint density at radius 3 is 2.63 bits per heavy atom. The maximum atomic E-state index is 13.4. The zero-order chi connectivity index (χ0) is 14.0. The summed E-state index contributed by atoms with van der Waals surface area (Å²) in [6.07, 6.45) is 0.485. The van der Waals surface area contributed by atoms with E-state index in [-0.39, 0.29) is 11.1 Å². The first-order valence-corrected chi connectivity index (χ1v) is 6.69. The van der Waals surface area contributed by atoms with Crippen LogP contribution < -0.4 is 5.73 Å². The number of halogens is 3. The Morgan fingerprint density at radius 2 is 1.95 bits per heavy atom. The van der Waals surface area contributed by atoms with Crippen LogP contribution in [-0.4, -0.2) is 0 Å². The number of hydrogen-bond acceptors (Lipinski definition) is 1. The van der Waals surface area contributed by atoms with Gasteiger partial charge >= 0.3 is 0 Å². The first kappa shape index (κ1) is 14.3. The number of aryl methyl sites for hydroxylation is 1. The Balaban J connectivity index is 2.25. The summed E-state index contributed by atoms with van der Waals surface area (Å²) >= 11 is 11.9. The Morgan fingerprint density at radius 1 is 1.21 bits per heavy atom. The van der Waals surface area contributed by atoms with Gasteiger partial charge in [0.1, 0.15) is 5.82 Å². The SMILES string of the molecule is Cc1cc(Cl)ccc1C(N)Cc1cccc(F)c1Cl. The van der Waals surface area contributed by atoms with Crippen LogP contribution in [0.3, 0.4) is 0 Å². The normalized spacial score (nSPS) is 12.5. The molecule has 4 heteroatoms. The van der Waals surface area contributed by atoms with Crippen LogP contribution in [0.4, 0.5) is 4.39 Å². The van der Waals surface area contributed by atoms with Crippen molar-refractivity contribution in [2.75, 3.05) is 0 Å². The molecule has 0 spiro atoms. The van der Waals surface area contributed by atoms with Crippen LogP contribution in [0.2, 0.25) is 10.0 Å². The summed E-state index contributed by atoms with van der Waals surface area (Å²) in [4.78, 5) is 0. The fourth-order valence-electron chi connectivity index (χ4n) is 2.11. The molecule has 0 saturated heterocycles. The first-order valence-electron chi connectivity index (χ1n) is 5.93. The largest absolute Gasteiger partial charge is 0.324 e. The molecule has 19 heavy (non-hydrogen) atoms. The van der Waals surface area contributed by atoms with E-state index in [1.54, 1.807) is 18.2 Å². The maximum Gasteiger partial charge on any atom is 0.142 e. The van der Waals surface area contributed by atoms with Gasteiger partial charge in [-0.25, -0.2) is 4.39 Å². The van der Waals surface area contributed by atoms with Gasteiger partial charge in [-0.1, -0.05) is 41.4 Å². The zero-order valence-corrected chi connectivity index (χ0v) is 12.0. The highest BCUT2D eigenvalue weighted by atomic mass is 35.5. The van der Waals surface area contributed by atoms with Crippen molar-refractivity contribution in [1.82, 2.24) is 0 Å². The lowest BCUT2D eigenvalue weighted by atomic mass is 9.96. The van der Waals surface area contributed by atoms with Gasteiger partial charge in [0.25, 0.3) is 0 Å². The van der Waals surface area contributed by atoms with E-state index in [1.807, 2.05) is 19.1 Å². The lowest BCUT2D eigenvalue weighted by Gasteiger charge is -2.16. The zero-order valence-electron chi connectivity index (χ0n) is 10.5. The third-order valence-electron chi connectivity index (χ3n) is 3.10. The van der Waals surface area contributed by atoms with Crippen LogP contribution >= 0.6 is 23.2 Å². The van der Waals surface area contributed by atoms with Crippen molar-refractivity contribution in [3.8, 4) is 0 Å². The van der Waals surface area contributed by atoms with Gasteiger partial charge in [-0.3, -0.25) is 0 Å². The molecule has 2 aromatic carbocycles. The van der Waals surface area contributed by atoms with Crippen molar-refractivity contribution < 1.29 is 4.39 Å². The van der Waals surface area contributed by atoms with E-state index in [4.69, 9.17) is 28.9 Å². The number of nitrogens with two attached hydrogens (primary N) is 1. The van der Waals surface area contributed by atoms with E-state index < -0.39 is 5.82 Å². The summed E-state index contributed by atoms with van der Waals surface area (Å²) in [5.74, 6) is -0.417. The molecule has 1 unspecified atom stereocenters. The molecule has 0 heterocycles. The fraction of sp³-hybridized carbons (Fsp3) is 0.200. The third kappa shape index (κ3) is 3.27. The van der Waals surface area contributed by atoms with E-state index in [1.165, 1.54) is 6.07 Å². The lowest BCUT2D eigenvalue weighted by Crippen LogP contribution is -2.15. The van der Waals surface area contributed by atoms with Crippen molar-refractivity contribution in [3.63, 3.8) is 0 Å². The van der Waals surface area contributed by atoms with Gasteiger partial charge in [-0.2, -0.15) is 0 Å². The molecule has 0 aliphatic heterocycles. The van der Waals surface area contributed by atoms with Gasteiger partial charge in [-0.05, 0) is 48.2 Å². The van der Waals surface area contributed by atoms with Gasteiger partial charge in [0.05, 0.1) is 5.02 Å². The van der Waals surface area contributed by atoms with Crippen LogP contribution in [0.25, 0.3) is 0 Å². The Kier molecular flexibility index (Phi) is 4.46. The monoisotopic (exact) mass is 297 g/mol. The maximum absolute atomic E-state index is 13.4. The van der Waals surface area contributed by atoms with Crippen LogP contribution in [0.1, 0.15) is 22.7 Å². The highest BCUT2D eigenvalue weighted by molar-refractivity contribution is 6.31. The van der Waals surface area contributed by atoms with Crippen molar-refractivity contribution in [1.29, 1.82) is 0 Å². The first-order chi connectivity index (χ1) is 8.99. The Hall–Kier alpha value is -1.09. The van der Waals surface area contributed by atoms with E-state index in [0.717, 1.165) is 11.1 Å². The fourth-order valence-corrected chi connectivity index (χ4v) is 2.54. The van der Waals surface area contributed by atoms with E-state index in [0.29, 0.717) is 17.0 Å². The Bertz CT molecular complexity index is 599. The van der Waals surface area contributed by atoms with Crippen LogP contribution in [0.5, 0.6) is 0 Å². The molecular weight excluding hydrogens is 284 g/mol. The van der Waals surface area contributed by atoms with Gasteiger partial charge in [0, 0.05) is 11.1 Å². The highest BCUT2D eigenvalue weighted by Gasteiger charge is 2.13. The molecule has 0 radical (unpaired) electrons. The summed E-state index contributed by atoms with van der Waals surface area (Å²) in [5.41, 5.74) is 8.90. The van der Waals surface area contributed by atoms with Crippen molar-refractivity contribution in [2.45, 2.75) is 19.4 Å². The minimum Gasteiger partial charge on any atom is -0.324 e. The molecule has 0 amide bonds. The average molecular weight is 298 g/mol. The molecule has 100 valence electrons. The predicted octanol–water partition coefficient (Wildman–Crippen LogP) is 4.68. The van der Waals surface area contributed by atoms with Gasteiger partial charge in [0.2, 0.25) is 0 Å². The van der Waals surface area contributed by atoms with Gasteiger partial charge < -0.3 is 5.73 Å². The number of hydrogen-bond donors (Lipinski definition) is 1. The van der Waals surface area contributed by atoms with Crippen LogP contribution in [-0.2, 0) is 6.42 Å². The van der Waals surface area contributed by atoms with Crippen molar-refractivity contribution in [2.24, 2.45) is 5.73 Å². The molecule has 0 fully saturated rings. The molecule has 2 aromatic rings. The van der Waals surface area contributed by atoms with Gasteiger partial charge in [0.15, 0.2) is 0 Å². The summed E-state index contributed by atoms with van der Waals surface area (Å²) < 4.78 is 13.4. The molecule has 2 N–H and O–H groups in total. The molecule has 0 aromatic heterocycles. The third-order valence-corrected chi connectivity index (χ3v) is 3.76. The summed E-state index contributed by atoms with van der Waals surface area (Å²) in [7, 11) is 0.